The maximum atomic E-state index is 13.6. The Kier molecular flexibility index (Phi) is 9.54. The molecule has 0 spiro atoms. The van der Waals surface area contributed by atoms with Crippen molar-refractivity contribution in [3.63, 3.8) is 0 Å². The van der Waals surface area contributed by atoms with Gasteiger partial charge in [0.15, 0.2) is 5.60 Å². The summed E-state index contributed by atoms with van der Waals surface area (Å²) in [5, 5.41) is 33.8. The number of phenolic OH excluding ortho intramolecular Hbond substituents is 2. The summed E-state index contributed by atoms with van der Waals surface area (Å²) < 4.78 is 7.35. The number of hydrogen-bond acceptors (Lipinski definition) is 5. The molecule has 0 aliphatic carbocycles. The van der Waals surface area contributed by atoms with Crippen molar-refractivity contribution in [1.82, 2.24) is 0 Å². The van der Waals surface area contributed by atoms with Gasteiger partial charge in [-0.3, -0.25) is 0 Å². The lowest BCUT2D eigenvalue weighted by molar-refractivity contribution is 0.0229. The SMILES string of the molecule is CCCc1cc(O)c(C2(c3c(O)cc(CCC)c(CCC)c3Br)OC(=O)c3cccc(C(=O)O)c32)c(Br)c1CCC. The van der Waals surface area contributed by atoms with Crippen LogP contribution in [0.1, 0.15) is 113 Å². The molecule has 0 bridgehead atoms. The molecule has 0 aromatic heterocycles. The van der Waals surface area contributed by atoms with Crippen molar-refractivity contribution in [3.8, 4) is 11.5 Å². The van der Waals surface area contributed by atoms with Crippen molar-refractivity contribution in [1.29, 1.82) is 0 Å². The number of phenols is 2. The van der Waals surface area contributed by atoms with E-state index in [9.17, 15) is 24.9 Å². The Hall–Kier alpha value is -2.84. The Morgan fingerprint density at radius 3 is 1.66 bits per heavy atom. The van der Waals surface area contributed by atoms with E-state index >= 15 is 0 Å². The molecule has 1 heterocycles. The molecule has 0 fully saturated rings. The highest BCUT2D eigenvalue weighted by atomic mass is 79.9. The molecule has 0 saturated heterocycles. The number of fused-ring (bicyclic) bond motifs is 1. The molecule has 0 unspecified atom stereocenters. The van der Waals surface area contributed by atoms with Crippen LogP contribution in [0.3, 0.4) is 0 Å². The van der Waals surface area contributed by atoms with Crippen LogP contribution in [-0.2, 0) is 36.0 Å². The van der Waals surface area contributed by atoms with Crippen molar-refractivity contribution in [2.24, 2.45) is 0 Å². The number of hydrogen-bond donors (Lipinski definition) is 3. The molecular weight excluding hydrogens is 652 g/mol. The Morgan fingerprint density at radius 2 is 1.24 bits per heavy atom. The molecule has 4 rings (SSSR count). The number of aromatic hydroxyl groups is 2. The van der Waals surface area contributed by atoms with Crippen LogP contribution < -0.4 is 0 Å². The molecule has 41 heavy (non-hydrogen) atoms. The van der Waals surface area contributed by atoms with Crippen LogP contribution in [0.5, 0.6) is 11.5 Å². The van der Waals surface area contributed by atoms with E-state index in [1.807, 2.05) is 0 Å². The van der Waals surface area contributed by atoms with Gasteiger partial charge in [-0.25, -0.2) is 9.59 Å². The number of carboxylic acid groups (broad SMARTS) is 1. The zero-order valence-corrected chi connectivity index (χ0v) is 27.0. The minimum absolute atomic E-state index is 0.0758. The molecule has 3 N–H and O–H groups in total. The number of carbonyl (C=O) groups is 2. The Labute approximate surface area is 258 Å². The van der Waals surface area contributed by atoms with Crippen LogP contribution in [0.4, 0.5) is 0 Å². The summed E-state index contributed by atoms with van der Waals surface area (Å²) in [6.45, 7) is 8.24. The first-order chi connectivity index (χ1) is 19.6. The summed E-state index contributed by atoms with van der Waals surface area (Å²) in [7, 11) is 0. The molecular formula is C33H36Br2O6. The van der Waals surface area contributed by atoms with E-state index in [2.05, 4.69) is 59.6 Å². The second-order valence-electron chi connectivity index (χ2n) is 10.5. The molecule has 0 atom stereocenters. The molecule has 0 amide bonds. The van der Waals surface area contributed by atoms with Crippen LogP contribution in [-0.4, -0.2) is 27.3 Å². The zero-order chi connectivity index (χ0) is 30.1. The summed E-state index contributed by atoms with van der Waals surface area (Å²) in [6, 6.07) is 7.83. The number of rotatable bonds is 11. The minimum Gasteiger partial charge on any atom is -0.507 e. The van der Waals surface area contributed by atoms with E-state index in [4.69, 9.17) is 4.74 Å². The van der Waals surface area contributed by atoms with Crippen LogP contribution in [0.25, 0.3) is 0 Å². The number of esters is 1. The third-order valence-corrected chi connectivity index (χ3v) is 9.48. The predicted molar refractivity (Wildman–Crippen MR) is 166 cm³/mol. The number of cyclic esters (lactones) is 1. The number of benzene rings is 3. The average Bonchev–Trinajstić information content (AvgIpc) is 3.21. The Bertz CT molecular complexity index is 1440. The third kappa shape index (κ3) is 5.18. The van der Waals surface area contributed by atoms with Crippen LogP contribution in [0, 0.1) is 0 Å². The number of ether oxygens (including phenoxy) is 1. The smallest absolute Gasteiger partial charge is 0.340 e. The third-order valence-electron chi connectivity index (χ3n) is 7.73. The lowest BCUT2D eigenvalue weighted by Gasteiger charge is -2.35. The van der Waals surface area contributed by atoms with Gasteiger partial charge >= 0.3 is 11.9 Å². The second kappa shape index (κ2) is 12.6. The summed E-state index contributed by atoms with van der Waals surface area (Å²) in [5.74, 6) is -2.28. The molecule has 3 aromatic rings. The van der Waals surface area contributed by atoms with Crippen LogP contribution in [0.2, 0.25) is 0 Å². The average molecular weight is 688 g/mol. The molecule has 1 aliphatic rings. The van der Waals surface area contributed by atoms with Crippen molar-refractivity contribution in [3.05, 3.63) is 89.3 Å². The first-order valence-electron chi connectivity index (χ1n) is 14.3. The first-order valence-corrected chi connectivity index (χ1v) is 15.8. The summed E-state index contributed by atoms with van der Waals surface area (Å²) >= 11 is 7.54. The maximum Gasteiger partial charge on any atom is 0.340 e. The van der Waals surface area contributed by atoms with Gasteiger partial charge in [-0.1, -0.05) is 59.4 Å². The van der Waals surface area contributed by atoms with Gasteiger partial charge in [-0.15, -0.1) is 0 Å². The second-order valence-corrected chi connectivity index (χ2v) is 12.1. The minimum atomic E-state index is -1.95. The van der Waals surface area contributed by atoms with Crippen molar-refractivity contribution >= 4 is 43.8 Å². The highest BCUT2D eigenvalue weighted by Gasteiger charge is 2.56. The molecule has 0 radical (unpaired) electrons. The first kappa shape index (κ1) is 31.1. The fourth-order valence-corrected chi connectivity index (χ4v) is 8.02. The molecule has 0 saturated carbocycles. The van der Waals surface area contributed by atoms with Gasteiger partial charge in [-0.05, 0) is 104 Å². The molecule has 1 aliphatic heterocycles. The molecule has 3 aromatic carbocycles. The zero-order valence-electron chi connectivity index (χ0n) is 23.9. The maximum absolute atomic E-state index is 13.6. The lowest BCUT2D eigenvalue weighted by atomic mass is 9.74. The van der Waals surface area contributed by atoms with E-state index < -0.39 is 17.5 Å². The summed E-state index contributed by atoms with van der Waals surface area (Å²) in [6.07, 6.45) is 6.20. The van der Waals surface area contributed by atoms with E-state index in [-0.39, 0.29) is 39.3 Å². The quantitative estimate of drug-likeness (QED) is 0.175. The van der Waals surface area contributed by atoms with Gasteiger partial charge < -0.3 is 20.1 Å². The Morgan fingerprint density at radius 1 is 0.780 bits per heavy atom. The lowest BCUT2D eigenvalue weighted by Crippen LogP contribution is -2.33. The normalized spacial score (nSPS) is 13.8. The number of aryl methyl sites for hydroxylation is 2. The van der Waals surface area contributed by atoms with E-state index in [0.717, 1.165) is 60.8 Å². The molecule has 6 nitrogen and oxygen atoms in total. The van der Waals surface area contributed by atoms with Crippen molar-refractivity contribution < 1.29 is 29.6 Å². The molecule has 8 heteroatoms. The standard InChI is InChI=1S/C33H36Br2O6/c1-5-10-18-16-24(36)27(29(34)20(18)12-7-3)33(26-22(31(38)39)14-9-15-23(26)32(40)41-33)28-25(37)17-19(11-6-2)21(13-8-4)30(28)35/h9,14-17,36-37H,5-8,10-13H2,1-4H3,(H,38,39). The number of aromatic carboxylic acids is 1. The largest absolute Gasteiger partial charge is 0.507 e. The van der Waals surface area contributed by atoms with E-state index in [1.54, 1.807) is 12.1 Å². The fraction of sp³-hybridized carbons (Fsp3) is 0.394. The van der Waals surface area contributed by atoms with Gasteiger partial charge in [0.05, 0.1) is 22.3 Å². The van der Waals surface area contributed by atoms with E-state index in [1.165, 1.54) is 18.2 Å². The van der Waals surface area contributed by atoms with Gasteiger partial charge in [0, 0.05) is 14.5 Å². The van der Waals surface area contributed by atoms with Crippen molar-refractivity contribution in [2.45, 2.75) is 84.7 Å². The van der Waals surface area contributed by atoms with Crippen LogP contribution >= 0.6 is 31.9 Å². The summed E-state index contributed by atoms with van der Waals surface area (Å²) in [4.78, 5) is 26.3. The van der Waals surface area contributed by atoms with Gasteiger partial charge in [0.2, 0.25) is 0 Å². The summed E-state index contributed by atoms with van der Waals surface area (Å²) in [5.41, 5.74) is 2.28. The van der Waals surface area contributed by atoms with Gasteiger partial charge in [0.1, 0.15) is 11.5 Å². The highest BCUT2D eigenvalue weighted by molar-refractivity contribution is 9.11. The fourth-order valence-electron chi connectivity index (χ4n) is 6.15. The highest BCUT2D eigenvalue weighted by Crippen LogP contribution is 2.58. The van der Waals surface area contributed by atoms with Gasteiger partial charge in [0.25, 0.3) is 0 Å². The number of carbonyl (C=O) groups excluding carboxylic acids is 1. The topological polar surface area (TPSA) is 104 Å². The number of halogens is 2. The van der Waals surface area contributed by atoms with E-state index in [0.29, 0.717) is 21.8 Å². The van der Waals surface area contributed by atoms with Crippen LogP contribution in [0.15, 0.2) is 39.3 Å². The van der Waals surface area contributed by atoms with Crippen molar-refractivity contribution in [2.75, 3.05) is 0 Å². The van der Waals surface area contributed by atoms with Gasteiger partial charge in [-0.2, -0.15) is 0 Å². The number of carboxylic acids is 1. The monoisotopic (exact) mass is 686 g/mol. The molecule has 218 valence electrons. The predicted octanol–water partition coefficient (Wildman–Crippen LogP) is 8.59. The Balaban J connectivity index is 2.27.